The number of carbonyl (C=O) groups is 1. The number of ether oxygens (including phenoxy) is 1. The molecule has 0 radical (unpaired) electrons. The van der Waals surface area contributed by atoms with Crippen molar-refractivity contribution in [2.24, 2.45) is 0 Å². The fourth-order valence-electron chi connectivity index (χ4n) is 2.89. The molecule has 3 unspecified atom stereocenters. The van der Waals surface area contributed by atoms with Gasteiger partial charge in [-0.25, -0.2) is 0 Å². The number of esters is 1. The van der Waals surface area contributed by atoms with Crippen LogP contribution in [0, 0.1) is 6.92 Å². The number of hydrogen-bond acceptors (Lipinski definition) is 4. The molecule has 3 atom stereocenters. The summed E-state index contributed by atoms with van der Waals surface area (Å²) in [6, 6.07) is 19.1. The van der Waals surface area contributed by atoms with Gasteiger partial charge in [0.25, 0.3) is 0 Å². The first-order valence-electron chi connectivity index (χ1n) is 8.33. The summed E-state index contributed by atoms with van der Waals surface area (Å²) in [7, 11) is 1.45. The summed E-state index contributed by atoms with van der Waals surface area (Å²) in [6.07, 6.45) is 0. The minimum absolute atomic E-state index is 0.0820. The zero-order valence-corrected chi connectivity index (χ0v) is 14.2. The quantitative estimate of drug-likeness (QED) is 0.628. The summed E-state index contributed by atoms with van der Waals surface area (Å²) in [5.41, 5.74) is 3.75. The highest BCUT2D eigenvalue weighted by Crippen LogP contribution is 2.24. The van der Waals surface area contributed by atoms with Gasteiger partial charge in [-0.1, -0.05) is 60.2 Å². The van der Waals surface area contributed by atoms with E-state index in [0.29, 0.717) is 0 Å². The molecule has 1 N–H and O–H groups in total. The second kappa shape index (κ2) is 7.60. The Morgan fingerprint density at radius 3 is 2.58 bits per heavy atom. The normalized spacial score (nSPS) is 20.4. The van der Waals surface area contributed by atoms with Crippen LogP contribution in [0.1, 0.15) is 22.7 Å². The standard InChI is InChI=1S/C20H24N2O2/c1-15-8-10-17(11-9-15)18(13-22-14-19(22)20(23)24-2)21-12-16-6-4-3-5-7-16/h3-11,18-19,21H,12-14H2,1-2H3. The first-order valence-corrected chi connectivity index (χ1v) is 8.33. The van der Waals surface area contributed by atoms with Crippen LogP contribution in [-0.2, 0) is 16.1 Å². The lowest BCUT2D eigenvalue weighted by molar-refractivity contribution is -0.140. The molecule has 1 heterocycles. The average molecular weight is 324 g/mol. The Morgan fingerprint density at radius 1 is 1.21 bits per heavy atom. The highest BCUT2D eigenvalue weighted by atomic mass is 16.5. The molecule has 0 aromatic heterocycles. The van der Waals surface area contributed by atoms with Crippen LogP contribution in [0.15, 0.2) is 54.6 Å². The van der Waals surface area contributed by atoms with E-state index in [9.17, 15) is 4.79 Å². The van der Waals surface area contributed by atoms with E-state index in [1.54, 1.807) is 0 Å². The highest BCUT2D eigenvalue weighted by molar-refractivity contribution is 5.78. The van der Waals surface area contributed by atoms with E-state index in [0.717, 1.165) is 19.6 Å². The number of nitrogens with zero attached hydrogens (tertiary/aromatic N) is 1. The molecule has 1 aliphatic rings. The van der Waals surface area contributed by atoms with E-state index in [2.05, 4.69) is 65.7 Å². The summed E-state index contributed by atoms with van der Waals surface area (Å²) in [6.45, 7) is 4.47. The minimum Gasteiger partial charge on any atom is -0.468 e. The lowest BCUT2D eigenvalue weighted by Crippen LogP contribution is -2.29. The third-order valence-corrected chi connectivity index (χ3v) is 4.48. The van der Waals surface area contributed by atoms with E-state index in [4.69, 9.17) is 4.74 Å². The van der Waals surface area contributed by atoms with Gasteiger partial charge >= 0.3 is 5.97 Å². The second-order valence-electron chi connectivity index (χ2n) is 6.32. The topological polar surface area (TPSA) is 41.3 Å². The van der Waals surface area contributed by atoms with Gasteiger partial charge in [0, 0.05) is 25.7 Å². The molecule has 1 saturated heterocycles. The molecule has 0 saturated carbocycles. The van der Waals surface area contributed by atoms with Crippen molar-refractivity contribution in [2.45, 2.75) is 25.6 Å². The largest absolute Gasteiger partial charge is 0.468 e. The van der Waals surface area contributed by atoms with E-state index in [1.165, 1.54) is 23.8 Å². The van der Waals surface area contributed by atoms with Gasteiger partial charge < -0.3 is 10.1 Å². The SMILES string of the molecule is COC(=O)C1CN1CC(NCc1ccccc1)c1ccc(C)cc1. The molecule has 2 aromatic carbocycles. The van der Waals surface area contributed by atoms with Crippen LogP contribution in [0.5, 0.6) is 0 Å². The van der Waals surface area contributed by atoms with Crippen molar-refractivity contribution in [3.05, 3.63) is 71.3 Å². The zero-order valence-electron chi connectivity index (χ0n) is 14.2. The second-order valence-corrected chi connectivity index (χ2v) is 6.32. The Labute approximate surface area is 143 Å². The fraction of sp³-hybridized carbons (Fsp3) is 0.350. The van der Waals surface area contributed by atoms with E-state index in [-0.39, 0.29) is 18.1 Å². The van der Waals surface area contributed by atoms with Crippen LogP contribution in [0.3, 0.4) is 0 Å². The van der Waals surface area contributed by atoms with Crippen LogP contribution in [0.25, 0.3) is 0 Å². The Balaban J connectivity index is 1.67. The monoisotopic (exact) mass is 324 g/mol. The fourth-order valence-corrected chi connectivity index (χ4v) is 2.89. The third kappa shape index (κ3) is 4.22. The van der Waals surface area contributed by atoms with Crippen molar-refractivity contribution in [3.63, 3.8) is 0 Å². The third-order valence-electron chi connectivity index (χ3n) is 4.48. The maximum absolute atomic E-state index is 11.6. The Kier molecular flexibility index (Phi) is 5.28. The van der Waals surface area contributed by atoms with Crippen molar-refractivity contribution in [1.82, 2.24) is 10.2 Å². The average Bonchev–Trinajstić information content (AvgIpc) is 3.39. The van der Waals surface area contributed by atoms with Crippen molar-refractivity contribution < 1.29 is 9.53 Å². The van der Waals surface area contributed by atoms with Gasteiger partial charge in [-0.2, -0.15) is 0 Å². The first kappa shape index (κ1) is 16.7. The van der Waals surface area contributed by atoms with Gasteiger partial charge in [-0.15, -0.1) is 0 Å². The first-order chi connectivity index (χ1) is 11.7. The zero-order chi connectivity index (χ0) is 16.9. The van der Waals surface area contributed by atoms with Crippen molar-refractivity contribution in [1.29, 1.82) is 0 Å². The van der Waals surface area contributed by atoms with Crippen LogP contribution in [-0.4, -0.2) is 37.1 Å². The minimum atomic E-state index is -0.138. The smallest absolute Gasteiger partial charge is 0.324 e. The molecule has 0 spiro atoms. The molecule has 3 rings (SSSR count). The van der Waals surface area contributed by atoms with Crippen LogP contribution in [0.4, 0.5) is 0 Å². The molecule has 0 bridgehead atoms. The number of carbonyl (C=O) groups excluding carboxylic acids is 1. The summed E-state index contributed by atoms with van der Waals surface area (Å²) in [4.78, 5) is 13.8. The summed E-state index contributed by atoms with van der Waals surface area (Å²) >= 11 is 0. The number of methoxy groups -OCH3 is 1. The maximum atomic E-state index is 11.6. The molecule has 1 aliphatic heterocycles. The van der Waals surface area contributed by atoms with Gasteiger partial charge in [-0.05, 0) is 18.1 Å². The van der Waals surface area contributed by atoms with E-state index in [1.807, 2.05) is 6.07 Å². The lowest BCUT2D eigenvalue weighted by Gasteiger charge is -2.20. The van der Waals surface area contributed by atoms with Crippen molar-refractivity contribution in [2.75, 3.05) is 20.2 Å². The summed E-state index contributed by atoms with van der Waals surface area (Å²) in [5, 5.41) is 3.63. The Hall–Kier alpha value is -2.17. The number of benzene rings is 2. The molecule has 4 nitrogen and oxygen atoms in total. The highest BCUT2D eigenvalue weighted by Gasteiger charge is 2.42. The Morgan fingerprint density at radius 2 is 1.92 bits per heavy atom. The molecule has 24 heavy (non-hydrogen) atoms. The van der Waals surface area contributed by atoms with Crippen LogP contribution < -0.4 is 5.32 Å². The van der Waals surface area contributed by atoms with Crippen LogP contribution >= 0.6 is 0 Å². The number of hydrogen-bond donors (Lipinski definition) is 1. The predicted octanol–water partition coefficient (Wildman–Crippen LogP) is 2.68. The van der Waals surface area contributed by atoms with Gasteiger partial charge in [0.05, 0.1) is 7.11 Å². The Bertz CT molecular complexity index is 670. The van der Waals surface area contributed by atoms with Crippen molar-refractivity contribution >= 4 is 5.97 Å². The number of aryl methyl sites for hydroxylation is 1. The van der Waals surface area contributed by atoms with Gasteiger partial charge in [0.1, 0.15) is 6.04 Å². The van der Waals surface area contributed by atoms with E-state index >= 15 is 0 Å². The number of nitrogens with one attached hydrogen (secondary N) is 1. The number of rotatable bonds is 7. The molecule has 126 valence electrons. The van der Waals surface area contributed by atoms with Gasteiger partial charge in [0.15, 0.2) is 0 Å². The van der Waals surface area contributed by atoms with Gasteiger partial charge in [0.2, 0.25) is 0 Å². The molecular weight excluding hydrogens is 300 g/mol. The van der Waals surface area contributed by atoms with Crippen molar-refractivity contribution in [3.8, 4) is 0 Å². The molecule has 1 fully saturated rings. The van der Waals surface area contributed by atoms with Gasteiger partial charge in [-0.3, -0.25) is 9.69 Å². The summed E-state index contributed by atoms with van der Waals surface area (Å²) < 4.78 is 4.84. The predicted molar refractivity (Wildman–Crippen MR) is 94.6 cm³/mol. The molecule has 0 aliphatic carbocycles. The maximum Gasteiger partial charge on any atom is 0.324 e. The van der Waals surface area contributed by atoms with E-state index < -0.39 is 0 Å². The van der Waals surface area contributed by atoms with Crippen LogP contribution in [0.2, 0.25) is 0 Å². The molecule has 4 heteroatoms. The molecule has 2 aromatic rings. The molecular formula is C20H24N2O2. The molecule has 0 amide bonds. The lowest BCUT2D eigenvalue weighted by atomic mass is 10.0. The summed E-state index contributed by atoms with van der Waals surface area (Å²) in [5.74, 6) is -0.138.